The molecule has 2 aliphatic heterocycles. The Morgan fingerprint density at radius 3 is 2.71 bits per heavy atom. The lowest BCUT2D eigenvalue weighted by atomic mass is 9.87. The van der Waals surface area contributed by atoms with Crippen molar-refractivity contribution in [2.75, 3.05) is 18.9 Å². The van der Waals surface area contributed by atoms with E-state index >= 15 is 0 Å². The number of fused-ring (bicyclic) bond motifs is 1. The van der Waals surface area contributed by atoms with Gasteiger partial charge in [-0.2, -0.15) is 0 Å². The number of nitrogens with zero attached hydrogens (tertiary/aromatic N) is 2. The third-order valence-corrected chi connectivity index (χ3v) is 7.16. The number of hydrogen-bond donors (Lipinski definition) is 3. The second kappa shape index (κ2) is 9.37. The summed E-state index contributed by atoms with van der Waals surface area (Å²) in [5.41, 5.74) is 8.08. The summed E-state index contributed by atoms with van der Waals surface area (Å²) >= 11 is 12.4. The van der Waals surface area contributed by atoms with Gasteiger partial charge in [-0.25, -0.2) is 4.98 Å². The monoisotopic (exact) mass is 514 g/mol. The van der Waals surface area contributed by atoms with Crippen LogP contribution in [0.3, 0.4) is 0 Å². The van der Waals surface area contributed by atoms with Gasteiger partial charge >= 0.3 is 0 Å². The molecule has 5 unspecified atom stereocenters. The molecule has 35 heavy (non-hydrogen) atoms. The summed E-state index contributed by atoms with van der Waals surface area (Å²) in [5, 5.41) is 19.1. The molecule has 2 aliphatic rings. The quantitative estimate of drug-likeness (QED) is 0.415. The molecular weight excluding hydrogens is 491 g/mol. The van der Waals surface area contributed by atoms with E-state index in [0.29, 0.717) is 22.4 Å². The Hall–Kier alpha value is -2.75. The number of hydrogen-bond acceptors (Lipinski definition) is 8. The van der Waals surface area contributed by atoms with E-state index in [4.69, 9.17) is 48.6 Å². The highest BCUT2D eigenvalue weighted by atomic mass is 35.5. The van der Waals surface area contributed by atoms with Crippen molar-refractivity contribution < 1.29 is 19.3 Å². The van der Waals surface area contributed by atoms with Crippen LogP contribution in [0.25, 0.3) is 11.1 Å². The van der Waals surface area contributed by atoms with Crippen molar-refractivity contribution in [2.45, 2.75) is 36.8 Å². The highest BCUT2D eigenvalue weighted by Crippen LogP contribution is 2.44. The van der Waals surface area contributed by atoms with Crippen molar-refractivity contribution in [1.82, 2.24) is 9.97 Å². The number of pyridine rings is 2. The van der Waals surface area contributed by atoms with Gasteiger partial charge in [0.25, 0.3) is 0 Å². The van der Waals surface area contributed by atoms with Gasteiger partial charge in [0.05, 0.1) is 19.1 Å². The van der Waals surface area contributed by atoms with Crippen LogP contribution in [-0.2, 0) is 9.47 Å². The highest BCUT2D eigenvalue weighted by molar-refractivity contribution is 6.33. The summed E-state index contributed by atoms with van der Waals surface area (Å²) in [6.07, 6.45) is 2.82. The van der Waals surface area contributed by atoms with Gasteiger partial charge in [-0.05, 0) is 37.3 Å². The average molecular weight is 515 g/mol. The molecule has 3 aromatic rings. The summed E-state index contributed by atoms with van der Waals surface area (Å²) in [6, 6.07) is 10.8. The fourth-order valence-electron chi connectivity index (χ4n) is 4.62. The Balaban J connectivity index is 1.36. The Labute approximate surface area is 212 Å². The predicted molar refractivity (Wildman–Crippen MR) is 133 cm³/mol. The molecule has 10 heteroatoms. The highest BCUT2D eigenvalue weighted by Gasteiger charge is 2.59. The summed E-state index contributed by atoms with van der Waals surface area (Å²) in [7, 11) is 0. The molecule has 0 spiro atoms. The maximum Gasteiger partial charge on any atom is 0.166 e. The number of nitrogens with two attached hydrogens (primary N) is 1. The zero-order chi connectivity index (χ0) is 24.7. The van der Waals surface area contributed by atoms with Gasteiger partial charge in [-0.3, -0.25) is 4.98 Å². The minimum atomic E-state index is -1.11. The van der Waals surface area contributed by atoms with Crippen LogP contribution in [0.1, 0.15) is 30.2 Å². The van der Waals surface area contributed by atoms with Crippen molar-refractivity contribution in [1.29, 1.82) is 5.41 Å². The number of nitrogen functional groups attached to an aromatic ring is 1. The number of aliphatic hydroxyl groups excluding tert-OH is 1. The maximum atomic E-state index is 10.3. The molecule has 4 N–H and O–H groups in total. The predicted octanol–water partition coefficient (Wildman–Crippen LogP) is 4.43. The van der Waals surface area contributed by atoms with Crippen molar-refractivity contribution in [3.05, 3.63) is 70.1 Å². The summed E-state index contributed by atoms with van der Waals surface area (Å²) in [4.78, 5) is 8.91. The number of anilines is 1. The Kier molecular flexibility index (Phi) is 6.41. The van der Waals surface area contributed by atoms with Crippen LogP contribution in [0, 0.1) is 5.41 Å². The van der Waals surface area contributed by atoms with Crippen molar-refractivity contribution in [2.24, 2.45) is 0 Å². The fourth-order valence-corrected chi connectivity index (χ4v) is 5.07. The molecule has 2 aromatic heterocycles. The first-order valence-electron chi connectivity index (χ1n) is 11.1. The van der Waals surface area contributed by atoms with E-state index in [0.717, 1.165) is 28.6 Å². The molecule has 0 amide bonds. The smallest absolute Gasteiger partial charge is 0.166 e. The van der Waals surface area contributed by atoms with Crippen LogP contribution in [0.2, 0.25) is 10.0 Å². The molecular formula is C25H24Cl2N4O4. The third-order valence-electron chi connectivity index (χ3n) is 6.58. The first-order valence-corrected chi connectivity index (χ1v) is 11.9. The van der Waals surface area contributed by atoms with Crippen molar-refractivity contribution in [3.63, 3.8) is 0 Å². The van der Waals surface area contributed by atoms with E-state index in [-0.39, 0.29) is 18.3 Å². The van der Waals surface area contributed by atoms with E-state index in [1.54, 1.807) is 30.6 Å². The number of benzene rings is 1. The van der Waals surface area contributed by atoms with Crippen LogP contribution in [0.15, 0.2) is 48.8 Å². The molecule has 182 valence electrons. The van der Waals surface area contributed by atoms with E-state index < -0.39 is 23.9 Å². The van der Waals surface area contributed by atoms with Gasteiger partial charge in [-0.15, -0.1) is 0 Å². The third kappa shape index (κ3) is 4.26. The maximum absolute atomic E-state index is 10.3. The second-order valence-electron chi connectivity index (χ2n) is 8.69. The number of nitrogens with one attached hydrogen (secondary N) is 1. The van der Waals surface area contributed by atoms with Gasteiger partial charge in [-0.1, -0.05) is 29.3 Å². The normalized spacial score (nSPS) is 26.3. The van der Waals surface area contributed by atoms with E-state index in [2.05, 4.69) is 9.97 Å². The van der Waals surface area contributed by atoms with Crippen molar-refractivity contribution >= 4 is 35.2 Å². The Bertz CT molecular complexity index is 1260. The van der Waals surface area contributed by atoms with Gasteiger partial charge in [0.15, 0.2) is 17.2 Å². The number of halogens is 2. The largest absolute Gasteiger partial charge is 0.482 e. The van der Waals surface area contributed by atoms with Crippen LogP contribution in [0.4, 0.5) is 5.82 Å². The lowest BCUT2D eigenvalue weighted by Crippen LogP contribution is -2.47. The molecule has 2 fully saturated rings. The topological polar surface area (TPSA) is 124 Å². The Morgan fingerprint density at radius 1 is 1.17 bits per heavy atom. The lowest BCUT2D eigenvalue weighted by molar-refractivity contribution is -0.0219. The van der Waals surface area contributed by atoms with E-state index in [1.807, 2.05) is 25.1 Å². The number of aliphatic hydroxyl groups is 1. The standard InChI is InChI=1S/C25H24Cl2N4O4/c1-13(17-7-16(26)3-4-19(17)27)35-21-6-15(9-31-24(21)29)14-2-5-20(30-8-14)18-10-34-25(12-28)22(32)11-33-23(18)25/h2-9,12-13,18,22-23,28,32H,10-11H2,1H3,(H2,29,31). The molecule has 0 radical (unpaired) electrons. The zero-order valence-corrected chi connectivity index (χ0v) is 20.3. The number of aromatic nitrogens is 2. The van der Waals surface area contributed by atoms with Crippen molar-refractivity contribution in [3.8, 4) is 16.9 Å². The molecule has 0 aliphatic carbocycles. The molecule has 5 rings (SSSR count). The molecule has 2 saturated heterocycles. The van der Waals surface area contributed by atoms with E-state index in [1.165, 1.54) is 0 Å². The average Bonchev–Trinajstić information content (AvgIpc) is 3.40. The van der Waals surface area contributed by atoms with Crippen LogP contribution in [0.5, 0.6) is 5.75 Å². The van der Waals surface area contributed by atoms with Gasteiger partial charge < -0.3 is 30.5 Å². The first kappa shape index (κ1) is 24.0. The fraction of sp³-hybridized carbons (Fsp3) is 0.320. The van der Waals surface area contributed by atoms with Gasteiger partial charge in [0, 0.05) is 51.0 Å². The van der Waals surface area contributed by atoms with Crippen LogP contribution in [-0.4, -0.2) is 52.3 Å². The SMILES string of the molecule is CC(Oc1cc(-c2ccc(C3COC4(C=N)C(O)COC34)nc2)cnc1N)c1cc(Cl)ccc1Cl. The number of ether oxygens (including phenoxy) is 3. The second-order valence-corrected chi connectivity index (χ2v) is 9.53. The summed E-state index contributed by atoms with van der Waals surface area (Å²) < 4.78 is 17.7. The number of rotatable bonds is 6. The van der Waals surface area contributed by atoms with Crippen LogP contribution < -0.4 is 10.5 Å². The molecule has 1 aromatic carbocycles. The summed E-state index contributed by atoms with van der Waals surface area (Å²) in [5.74, 6) is 0.490. The Morgan fingerprint density at radius 2 is 1.97 bits per heavy atom. The molecule has 4 heterocycles. The van der Waals surface area contributed by atoms with Crippen LogP contribution >= 0.6 is 23.2 Å². The summed E-state index contributed by atoms with van der Waals surface area (Å²) in [6.45, 7) is 2.31. The van der Waals surface area contributed by atoms with Gasteiger partial charge in [0.2, 0.25) is 0 Å². The first-order chi connectivity index (χ1) is 16.8. The molecule has 5 atom stereocenters. The zero-order valence-electron chi connectivity index (χ0n) is 18.8. The van der Waals surface area contributed by atoms with E-state index in [9.17, 15) is 5.11 Å². The van der Waals surface area contributed by atoms with Gasteiger partial charge in [0.1, 0.15) is 18.3 Å². The minimum absolute atomic E-state index is 0.132. The molecule has 0 bridgehead atoms. The molecule has 0 saturated carbocycles. The molecule has 8 nitrogen and oxygen atoms in total. The minimum Gasteiger partial charge on any atom is -0.482 e. The lowest BCUT2D eigenvalue weighted by Gasteiger charge is -2.25.